The Bertz CT molecular complexity index is 635. The zero-order valence-corrected chi connectivity index (χ0v) is 17.7. The molecule has 144 valence electrons. The highest BCUT2D eigenvalue weighted by molar-refractivity contribution is 8.76. The van der Waals surface area contributed by atoms with Crippen molar-refractivity contribution < 1.29 is 9.84 Å². The van der Waals surface area contributed by atoms with Gasteiger partial charge in [-0.3, -0.25) is 0 Å². The second kappa shape index (κ2) is 7.97. The third-order valence-electron chi connectivity index (χ3n) is 7.28. The molecule has 1 N–H and O–H groups in total. The Kier molecular flexibility index (Phi) is 5.83. The van der Waals surface area contributed by atoms with Gasteiger partial charge in [-0.1, -0.05) is 41.5 Å². The number of aryl methyl sites for hydroxylation is 1. The highest BCUT2D eigenvalue weighted by atomic mass is 33.1. The van der Waals surface area contributed by atoms with Gasteiger partial charge in [0.25, 0.3) is 0 Å². The van der Waals surface area contributed by atoms with Crippen LogP contribution in [0.25, 0.3) is 0 Å². The first-order chi connectivity index (χ1) is 12.6. The van der Waals surface area contributed by atoms with E-state index in [9.17, 15) is 5.11 Å². The molecule has 1 aromatic rings. The van der Waals surface area contributed by atoms with Crippen LogP contribution in [0.1, 0.15) is 63.0 Å². The van der Waals surface area contributed by atoms with E-state index in [-0.39, 0.29) is 11.5 Å². The molecule has 0 aromatic heterocycles. The molecular weight excluding hydrogens is 360 g/mol. The Hall–Kier alpha value is -0.320. The first kappa shape index (κ1) is 19.0. The van der Waals surface area contributed by atoms with Crippen LogP contribution in [0.4, 0.5) is 0 Å². The summed E-state index contributed by atoms with van der Waals surface area (Å²) < 4.78 is 5.99. The molecule has 3 aliphatic rings. The molecule has 4 rings (SSSR count). The lowest BCUT2D eigenvalue weighted by atomic mass is 9.55. The van der Waals surface area contributed by atoms with Crippen molar-refractivity contribution in [3.05, 3.63) is 29.3 Å². The van der Waals surface area contributed by atoms with Crippen molar-refractivity contribution >= 4 is 21.6 Å². The summed E-state index contributed by atoms with van der Waals surface area (Å²) in [5, 5.41) is 10.5. The maximum absolute atomic E-state index is 10.5. The molecular formula is C22H32O2S2. The lowest BCUT2D eigenvalue weighted by Gasteiger charge is -2.50. The van der Waals surface area contributed by atoms with E-state index in [2.05, 4.69) is 32.0 Å². The first-order valence-electron chi connectivity index (χ1n) is 10.3. The molecule has 2 saturated carbocycles. The summed E-state index contributed by atoms with van der Waals surface area (Å²) in [6.45, 7) is 5.34. The molecule has 3 aliphatic carbocycles. The van der Waals surface area contributed by atoms with Crippen LogP contribution in [-0.4, -0.2) is 29.3 Å². The molecule has 0 aliphatic heterocycles. The van der Waals surface area contributed by atoms with Crippen LogP contribution in [0.2, 0.25) is 0 Å². The van der Waals surface area contributed by atoms with Gasteiger partial charge in [0.05, 0.1) is 12.7 Å². The topological polar surface area (TPSA) is 29.5 Å². The van der Waals surface area contributed by atoms with Crippen LogP contribution >= 0.6 is 21.6 Å². The Morgan fingerprint density at radius 2 is 2.08 bits per heavy atom. The van der Waals surface area contributed by atoms with Crippen molar-refractivity contribution in [3.63, 3.8) is 0 Å². The average molecular weight is 393 g/mol. The molecule has 26 heavy (non-hydrogen) atoms. The van der Waals surface area contributed by atoms with E-state index in [1.807, 2.05) is 21.6 Å². The lowest BCUT2D eigenvalue weighted by molar-refractivity contribution is -0.0226. The summed E-state index contributed by atoms with van der Waals surface area (Å²) >= 11 is 0. The summed E-state index contributed by atoms with van der Waals surface area (Å²) in [5.74, 6) is 5.43. The summed E-state index contributed by atoms with van der Waals surface area (Å²) in [5.41, 5.74) is 3.27. The van der Waals surface area contributed by atoms with E-state index in [1.165, 1.54) is 37.7 Å². The smallest absolute Gasteiger partial charge is 0.119 e. The van der Waals surface area contributed by atoms with Gasteiger partial charge in [-0.2, -0.15) is 0 Å². The fraction of sp³-hybridized carbons (Fsp3) is 0.727. The largest absolute Gasteiger partial charge is 0.493 e. The number of aliphatic hydroxyl groups excluding tert-OH is 1. The van der Waals surface area contributed by atoms with E-state index in [0.29, 0.717) is 11.8 Å². The summed E-state index contributed by atoms with van der Waals surface area (Å²) in [6, 6.07) is 6.85. The minimum absolute atomic E-state index is 0.0747. The molecule has 0 spiro atoms. The van der Waals surface area contributed by atoms with Crippen LogP contribution in [0.15, 0.2) is 18.2 Å². The number of benzene rings is 1. The summed E-state index contributed by atoms with van der Waals surface area (Å²) in [6.07, 6.45) is 7.06. The van der Waals surface area contributed by atoms with Crippen LogP contribution < -0.4 is 4.74 Å². The molecule has 4 heteroatoms. The minimum atomic E-state index is -0.0747. The molecule has 0 saturated heterocycles. The Morgan fingerprint density at radius 1 is 1.19 bits per heavy atom. The van der Waals surface area contributed by atoms with Gasteiger partial charge >= 0.3 is 0 Å². The molecule has 2 nitrogen and oxygen atoms in total. The van der Waals surface area contributed by atoms with Crippen molar-refractivity contribution in [3.8, 4) is 5.75 Å². The number of ether oxygens (including phenoxy) is 1. The zero-order valence-electron chi connectivity index (χ0n) is 16.1. The monoisotopic (exact) mass is 392 g/mol. The van der Waals surface area contributed by atoms with Crippen LogP contribution in [0.3, 0.4) is 0 Å². The maximum atomic E-state index is 10.5. The molecule has 0 heterocycles. The molecule has 5 unspecified atom stereocenters. The van der Waals surface area contributed by atoms with Crippen molar-refractivity contribution in [1.29, 1.82) is 0 Å². The molecule has 0 amide bonds. The van der Waals surface area contributed by atoms with Gasteiger partial charge in [0.2, 0.25) is 0 Å². The van der Waals surface area contributed by atoms with Crippen LogP contribution in [-0.2, 0) is 6.42 Å². The van der Waals surface area contributed by atoms with E-state index < -0.39 is 0 Å². The highest BCUT2D eigenvalue weighted by Crippen LogP contribution is 2.60. The number of rotatable bonds is 6. The van der Waals surface area contributed by atoms with Crippen molar-refractivity contribution in [2.75, 3.05) is 18.1 Å². The molecule has 1 aromatic carbocycles. The normalized spacial score (nSPS) is 35.5. The number of hydrogen-bond acceptors (Lipinski definition) is 4. The van der Waals surface area contributed by atoms with E-state index >= 15 is 0 Å². The van der Waals surface area contributed by atoms with Gasteiger partial charge in [-0.25, -0.2) is 0 Å². The van der Waals surface area contributed by atoms with Crippen molar-refractivity contribution in [2.45, 2.75) is 64.4 Å². The Balaban J connectivity index is 1.44. The summed E-state index contributed by atoms with van der Waals surface area (Å²) in [7, 11) is 3.80. The van der Waals surface area contributed by atoms with Crippen molar-refractivity contribution in [2.24, 2.45) is 17.3 Å². The first-order valence-corrected chi connectivity index (χ1v) is 12.8. The third-order valence-corrected chi connectivity index (χ3v) is 9.73. The van der Waals surface area contributed by atoms with Crippen LogP contribution in [0, 0.1) is 17.3 Å². The van der Waals surface area contributed by atoms with E-state index in [1.54, 1.807) is 5.56 Å². The van der Waals surface area contributed by atoms with Gasteiger partial charge in [0, 0.05) is 11.5 Å². The number of fused-ring (bicyclic) bond motifs is 5. The van der Waals surface area contributed by atoms with E-state index in [0.717, 1.165) is 36.2 Å². The zero-order chi connectivity index (χ0) is 18.1. The van der Waals surface area contributed by atoms with Gasteiger partial charge < -0.3 is 9.84 Å². The minimum Gasteiger partial charge on any atom is -0.493 e. The van der Waals surface area contributed by atoms with Gasteiger partial charge in [0.1, 0.15) is 5.75 Å². The third kappa shape index (κ3) is 3.42. The number of hydrogen-bond donors (Lipinski definition) is 1. The van der Waals surface area contributed by atoms with Crippen molar-refractivity contribution in [1.82, 2.24) is 0 Å². The Morgan fingerprint density at radius 3 is 2.92 bits per heavy atom. The molecule has 0 bridgehead atoms. The fourth-order valence-corrected chi connectivity index (χ4v) is 7.45. The number of aliphatic hydroxyl groups is 1. The van der Waals surface area contributed by atoms with Gasteiger partial charge in [-0.05, 0) is 85.0 Å². The van der Waals surface area contributed by atoms with E-state index in [4.69, 9.17) is 4.74 Å². The Labute approximate surface area is 166 Å². The predicted octanol–water partition coefficient (Wildman–Crippen LogP) is 5.68. The molecule has 2 fully saturated rings. The SMILES string of the molecule is CCSSCCOc1ccc2c(c1)CCC1C2CCC2(C)C(O)CCC12. The van der Waals surface area contributed by atoms with Crippen LogP contribution in [0.5, 0.6) is 5.75 Å². The summed E-state index contributed by atoms with van der Waals surface area (Å²) in [4.78, 5) is 0. The predicted molar refractivity (Wildman–Crippen MR) is 113 cm³/mol. The maximum Gasteiger partial charge on any atom is 0.119 e. The standard InChI is InChI=1S/C22H32O2S2/c1-3-25-26-13-12-24-16-5-7-17-15(14-16)4-6-19-18(17)10-11-22(2)20(19)8-9-21(22)23/h5,7,14,18-21,23H,3-4,6,8-13H2,1-2H3. The highest BCUT2D eigenvalue weighted by Gasteiger charge is 2.54. The molecule has 5 atom stereocenters. The fourth-order valence-electron chi connectivity index (χ4n) is 5.96. The molecule has 0 radical (unpaired) electrons. The van der Waals surface area contributed by atoms with Gasteiger partial charge in [0.15, 0.2) is 0 Å². The second-order valence-electron chi connectivity index (χ2n) is 8.49. The average Bonchev–Trinajstić information content (AvgIpc) is 2.96. The lowest BCUT2D eigenvalue weighted by Crippen LogP contribution is -2.43. The second-order valence-corrected chi connectivity index (χ2v) is 11.4. The quantitative estimate of drug-likeness (QED) is 0.498. The van der Waals surface area contributed by atoms with Gasteiger partial charge in [-0.15, -0.1) is 0 Å².